The van der Waals surface area contributed by atoms with Crippen LogP contribution in [0.2, 0.25) is 0 Å². The fraction of sp³-hybridized carbons (Fsp3) is 0.231. The van der Waals surface area contributed by atoms with Crippen molar-refractivity contribution in [1.29, 1.82) is 0 Å². The first-order valence-electron chi connectivity index (χ1n) is 10.3. The number of fused-ring (bicyclic) bond motifs is 6. The quantitative estimate of drug-likeness (QED) is 0.318. The second kappa shape index (κ2) is 6.70. The van der Waals surface area contributed by atoms with Crippen LogP contribution in [0.1, 0.15) is 50.7 Å². The van der Waals surface area contributed by atoms with Gasteiger partial charge in [-0.05, 0) is 34.4 Å². The number of pyridine rings is 2. The van der Waals surface area contributed by atoms with Gasteiger partial charge in [-0.15, -0.1) is 0 Å². The molecule has 0 unspecified atom stereocenters. The lowest BCUT2D eigenvalue weighted by atomic mass is 9.87. The predicted molar refractivity (Wildman–Crippen MR) is 122 cm³/mol. The molecule has 0 aliphatic carbocycles. The molecule has 0 atom stereocenters. The molecule has 0 aliphatic rings. The molecule has 0 fully saturated rings. The van der Waals surface area contributed by atoms with E-state index in [1.165, 1.54) is 22.1 Å². The first-order valence-corrected chi connectivity index (χ1v) is 10.3. The average molecular weight is 380 g/mol. The summed E-state index contributed by atoms with van der Waals surface area (Å²) in [5.41, 5.74) is 7.37. The molecular weight excluding hydrogens is 354 g/mol. The van der Waals surface area contributed by atoms with Gasteiger partial charge < -0.3 is 0 Å². The van der Waals surface area contributed by atoms with E-state index in [0.29, 0.717) is 11.8 Å². The monoisotopic (exact) mass is 379 g/mol. The second-order valence-electron chi connectivity index (χ2n) is 8.36. The summed E-state index contributed by atoms with van der Waals surface area (Å²) in [6.45, 7) is 9.07. The number of nitrogens with zero attached hydrogens (tertiary/aromatic N) is 3. The molecule has 0 amide bonds. The normalized spacial score (nSPS) is 12.1. The molecule has 3 aromatic heterocycles. The average Bonchev–Trinajstić information content (AvgIpc) is 3.18. The van der Waals surface area contributed by atoms with Crippen LogP contribution in [0.3, 0.4) is 0 Å². The summed E-state index contributed by atoms with van der Waals surface area (Å²) in [6.07, 6.45) is 5.89. The van der Waals surface area contributed by atoms with Crippen molar-refractivity contribution in [3.63, 3.8) is 0 Å². The Balaban J connectivity index is 2.00. The summed E-state index contributed by atoms with van der Waals surface area (Å²) < 4.78 is 2.33. The van der Waals surface area contributed by atoms with Gasteiger partial charge in [0.2, 0.25) is 0 Å². The molecule has 3 nitrogen and oxygen atoms in total. The second-order valence-corrected chi connectivity index (χ2v) is 8.36. The van der Waals surface area contributed by atoms with E-state index in [4.69, 9.17) is 4.98 Å². The number of benzene rings is 2. The summed E-state index contributed by atoms with van der Waals surface area (Å²) in [5, 5.41) is 3.51. The summed E-state index contributed by atoms with van der Waals surface area (Å²) >= 11 is 0. The Labute approximate surface area is 171 Å². The number of hydrogen-bond donors (Lipinski definition) is 0. The van der Waals surface area contributed by atoms with Gasteiger partial charge in [0.05, 0.1) is 17.4 Å². The van der Waals surface area contributed by atoms with Crippen LogP contribution in [0.4, 0.5) is 0 Å². The highest BCUT2D eigenvalue weighted by molar-refractivity contribution is 6.12. The highest BCUT2D eigenvalue weighted by Crippen LogP contribution is 2.39. The fourth-order valence-electron chi connectivity index (χ4n) is 4.51. The number of hydrogen-bond acceptors (Lipinski definition) is 2. The minimum absolute atomic E-state index is 0.433. The highest BCUT2D eigenvalue weighted by Gasteiger charge is 2.20. The van der Waals surface area contributed by atoms with Crippen LogP contribution in [-0.2, 0) is 0 Å². The summed E-state index contributed by atoms with van der Waals surface area (Å²) in [7, 11) is 0. The van der Waals surface area contributed by atoms with E-state index in [9.17, 15) is 0 Å². The van der Waals surface area contributed by atoms with Crippen LogP contribution in [0.15, 0.2) is 67.1 Å². The van der Waals surface area contributed by atoms with Gasteiger partial charge in [-0.1, -0.05) is 70.2 Å². The topological polar surface area (TPSA) is 30.2 Å². The van der Waals surface area contributed by atoms with Gasteiger partial charge >= 0.3 is 0 Å². The predicted octanol–water partition coefficient (Wildman–Crippen LogP) is 6.95. The molecular formula is C26H25N3. The molecule has 5 rings (SSSR count). The molecule has 0 saturated heterocycles. The van der Waals surface area contributed by atoms with E-state index < -0.39 is 0 Å². The number of rotatable bonds is 3. The molecule has 29 heavy (non-hydrogen) atoms. The van der Waals surface area contributed by atoms with Crippen LogP contribution in [0.25, 0.3) is 38.6 Å². The lowest BCUT2D eigenvalue weighted by Crippen LogP contribution is -2.02. The van der Waals surface area contributed by atoms with Crippen LogP contribution in [-0.4, -0.2) is 14.4 Å². The van der Waals surface area contributed by atoms with Crippen LogP contribution in [0.5, 0.6) is 0 Å². The molecule has 0 saturated carbocycles. The molecule has 3 heteroatoms. The van der Waals surface area contributed by atoms with Crippen molar-refractivity contribution in [2.45, 2.75) is 39.5 Å². The third-order valence-corrected chi connectivity index (χ3v) is 5.89. The smallest absolute Gasteiger partial charge is 0.145 e. The highest BCUT2D eigenvalue weighted by atomic mass is 15.0. The molecule has 0 radical (unpaired) electrons. The number of aromatic nitrogens is 3. The maximum absolute atomic E-state index is 4.92. The zero-order valence-corrected chi connectivity index (χ0v) is 17.3. The number of imidazole rings is 1. The summed E-state index contributed by atoms with van der Waals surface area (Å²) in [4.78, 5) is 9.33. The van der Waals surface area contributed by atoms with E-state index in [-0.39, 0.29) is 0 Å². The van der Waals surface area contributed by atoms with E-state index in [2.05, 4.69) is 91.8 Å². The van der Waals surface area contributed by atoms with Gasteiger partial charge in [-0.2, -0.15) is 0 Å². The Kier molecular flexibility index (Phi) is 4.13. The van der Waals surface area contributed by atoms with E-state index in [0.717, 1.165) is 27.6 Å². The standard InChI is InChI=1S/C26H25N3/c1-16(2)18-10-7-11-19(17(3)4)25(18)24-15-28-26-21-9-6-5-8-20(21)22-14-27-13-12-23(22)29(24)26/h5-17H,1-4H3. The van der Waals surface area contributed by atoms with Crippen molar-refractivity contribution >= 4 is 27.3 Å². The van der Waals surface area contributed by atoms with Gasteiger partial charge in [0.25, 0.3) is 0 Å². The van der Waals surface area contributed by atoms with Gasteiger partial charge in [0, 0.05) is 28.7 Å². The molecule has 0 spiro atoms. The Morgan fingerprint density at radius 2 is 1.41 bits per heavy atom. The SMILES string of the molecule is CC(C)c1cccc(C(C)C)c1-c1cnc2c3ccccc3c3cnccc3n12. The first kappa shape index (κ1) is 17.9. The van der Waals surface area contributed by atoms with Crippen molar-refractivity contribution in [3.05, 3.63) is 78.2 Å². The van der Waals surface area contributed by atoms with E-state index in [1.54, 1.807) is 0 Å². The van der Waals surface area contributed by atoms with Crippen molar-refractivity contribution in [3.8, 4) is 11.3 Å². The molecule has 3 heterocycles. The van der Waals surface area contributed by atoms with Gasteiger partial charge in [0.15, 0.2) is 0 Å². The lowest BCUT2D eigenvalue weighted by molar-refractivity contribution is 0.836. The maximum Gasteiger partial charge on any atom is 0.145 e. The largest absolute Gasteiger partial charge is 0.292 e. The van der Waals surface area contributed by atoms with Gasteiger partial charge in [-0.25, -0.2) is 4.98 Å². The molecule has 2 aromatic carbocycles. The molecule has 144 valence electrons. The lowest BCUT2D eigenvalue weighted by Gasteiger charge is -2.20. The van der Waals surface area contributed by atoms with Crippen molar-refractivity contribution in [1.82, 2.24) is 14.4 Å². The summed E-state index contributed by atoms with van der Waals surface area (Å²) in [6, 6.07) is 17.3. The van der Waals surface area contributed by atoms with Crippen LogP contribution >= 0.6 is 0 Å². The van der Waals surface area contributed by atoms with E-state index in [1.807, 2.05) is 12.4 Å². The molecule has 5 aromatic rings. The fourth-order valence-corrected chi connectivity index (χ4v) is 4.51. The van der Waals surface area contributed by atoms with Crippen molar-refractivity contribution in [2.24, 2.45) is 0 Å². The summed E-state index contributed by atoms with van der Waals surface area (Å²) in [5.74, 6) is 0.866. The first-order chi connectivity index (χ1) is 14.1. The van der Waals surface area contributed by atoms with Gasteiger partial charge in [0.1, 0.15) is 5.65 Å². The minimum Gasteiger partial charge on any atom is -0.292 e. The third-order valence-electron chi connectivity index (χ3n) is 5.89. The third kappa shape index (κ3) is 2.65. The van der Waals surface area contributed by atoms with E-state index >= 15 is 0 Å². The Morgan fingerprint density at radius 1 is 0.724 bits per heavy atom. The Bertz CT molecular complexity index is 1330. The maximum atomic E-state index is 4.92. The zero-order chi connectivity index (χ0) is 20.1. The van der Waals surface area contributed by atoms with Crippen LogP contribution < -0.4 is 0 Å². The Hall–Kier alpha value is -3.20. The van der Waals surface area contributed by atoms with Crippen molar-refractivity contribution in [2.75, 3.05) is 0 Å². The van der Waals surface area contributed by atoms with Crippen LogP contribution in [0, 0.1) is 0 Å². The molecule has 0 bridgehead atoms. The minimum atomic E-state index is 0.433. The van der Waals surface area contributed by atoms with Gasteiger partial charge in [-0.3, -0.25) is 9.38 Å². The Morgan fingerprint density at radius 3 is 2.10 bits per heavy atom. The zero-order valence-electron chi connectivity index (χ0n) is 17.3. The molecule has 0 N–H and O–H groups in total. The molecule has 0 aliphatic heterocycles. The van der Waals surface area contributed by atoms with Crippen molar-refractivity contribution < 1.29 is 0 Å².